The first-order valence-corrected chi connectivity index (χ1v) is 16.4. The van der Waals surface area contributed by atoms with E-state index in [1.54, 1.807) is 4.90 Å². The Bertz CT molecular complexity index is 1600. The Morgan fingerprint density at radius 2 is 1.91 bits per heavy atom. The quantitative estimate of drug-likeness (QED) is 0.343. The van der Waals surface area contributed by atoms with Crippen molar-refractivity contribution in [3.63, 3.8) is 0 Å². The number of likely N-dealkylation sites (N-methyl/N-ethyl adjacent to an activating group) is 1. The van der Waals surface area contributed by atoms with Crippen molar-refractivity contribution in [3.8, 4) is 11.8 Å². The van der Waals surface area contributed by atoms with Crippen LogP contribution < -0.4 is 19.3 Å². The highest BCUT2D eigenvalue weighted by Gasteiger charge is 2.37. The van der Waals surface area contributed by atoms with Gasteiger partial charge < -0.3 is 33.8 Å². The fraction of sp³-hybridized carbons (Fsp3) is 0.486. The number of hydrogen-bond donors (Lipinski definition) is 0. The van der Waals surface area contributed by atoms with Gasteiger partial charge in [0.1, 0.15) is 30.8 Å². The normalized spacial score (nSPS) is 20.9. The number of hydrogen-bond acceptors (Lipinski definition) is 9. The molecule has 7 rings (SSSR count). The highest BCUT2D eigenvalue weighted by Crippen LogP contribution is 2.39. The first-order valence-electron chi connectivity index (χ1n) is 16.4. The summed E-state index contributed by atoms with van der Waals surface area (Å²) in [7, 11) is 2.14. The molecule has 3 aromatic rings. The van der Waals surface area contributed by atoms with E-state index in [1.165, 1.54) is 12.0 Å². The smallest absolute Gasteiger partial charge is 0.410 e. The van der Waals surface area contributed by atoms with Gasteiger partial charge in [0, 0.05) is 44.2 Å². The lowest BCUT2D eigenvalue weighted by Gasteiger charge is -2.40. The molecule has 0 saturated carbocycles. The maximum absolute atomic E-state index is 13.2. The number of piperazine rings is 1. The van der Waals surface area contributed by atoms with E-state index in [-0.39, 0.29) is 25.3 Å². The van der Waals surface area contributed by atoms with Gasteiger partial charge in [-0.05, 0) is 50.0 Å². The van der Waals surface area contributed by atoms with Crippen molar-refractivity contribution >= 4 is 17.6 Å². The lowest BCUT2D eigenvalue weighted by atomic mass is 10.0. The largest absolute Gasteiger partial charge is 0.491 e. The Morgan fingerprint density at radius 3 is 2.74 bits per heavy atom. The number of amides is 1. The molecule has 0 N–H and O–H groups in total. The number of ether oxygens (including phenoxy) is 3. The van der Waals surface area contributed by atoms with Gasteiger partial charge in [0.05, 0.1) is 24.5 Å². The summed E-state index contributed by atoms with van der Waals surface area (Å²) >= 11 is 0. The van der Waals surface area contributed by atoms with Gasteiger partial charge in [0.15, 0.2) is 0 Å². The molecule has 0 aliphatic carbocycles. The van der Waals surface area contributed by atoms with Gasteiger partial charge in [-0.15, -0.1) is 0 Å². The van der Waals surface area contributed by atoms with E-state index in [1.807, 2.05) is 30.3 Å². The van der Waals surface area contributed by atoms with Gasteiger partial charge in [-0.25, -0.2) is 11.4 Å². The highest BCUT2D eigenvalue weighted by molar-refractivity contribution is 5.69. The molecular formula is C35H41N7O4. The molecule has 0 bridgehead atoms. The first kappa shape index (κ1) is 30.1. The van der Waals surface area contributed by atoms with E-state index in [0.29, 0.717) is 51.4 Å². The SMILES string of the molecule is [C-]#[N+]C[C@H]1CN(c2nc(OC[C@@H]3CCCN3C)nc3c2CCN(c2cccc4c2OCC4)C3)CCN1C(=O)OCc1ccccc1. The van der Waals surface area contributed by atoms with Gasteiger partial charge in [-0.1, -0.05) is 42.5 Å². The topological polar surface area (TPSA) is 87.9 Å². The van der Waals surface area contributed by atoms with Crippen LogP contribution in [0.2, 0.25) is 0 Å². The molecule has 2 saturated heterocycles. The summed E-state index contributed by atoms with van der Waals surface area (Å²) in [6.07, 6.45) is 3.58. The molecule has 2 atom stereocenters. The predicted molar refractivity (Wildman–Crippen MR) is 174 cm³/mol. The van der Waals surface area contributed by atoms with E-state index < -0.39 is 0 Å². The van der Waals surface area contributed by atoms with Gasteiger partial charge in [0.25, 0.3) is 0 Å². The first-order chi connectivity index (χ1) is 22.6. The number of carbonyl (C=O) groups excluding carboxylic acids is 1. The van der Waals surface area contributed by atoms with Crippen molar-refractivity contribution in [2.24, 2.45) is 0 Å². The molecule has 240 valence electrons. The second-order valence-electron chi connectivity index (χ2n) is 12.6. The molecule has 11 nitrogen and oxygen atoms in total. The fourth-order valence-corrected chi connectivity index (χ4v) is 7.08. The summed E-state index contributed by atoms with van der Waals surface area (Å²) in [6.45, 7) is 13.3. The zero-order valence-corrected chi connectivity index (χ0v) is 26.4. The fourth-order valence-electron chi connectivity index (χ4n) is 7.08. The van der Waals surface area contributed by atoms with Gasteiger partial charge >= 0.3 is 12.1 Å². The van der Waals surface area contributed by atoms with Crippen LogP contribution in [0.3, 0.4) is 0 Å². The predicted octanol–water partition coefficient (Wildman–Crippen LogP) is 4.19. The van der Waals surface area contributed by atoms with Gasteiger partial charge in [-0.2, -0.15) is 9.97 Å². The number of rotatable bonds is 8. The molecular weight excluding hydrogens is 582 g/mol. The lowest BCUT2D eigenvalue weighted by Crippen LogP contribution is -2.57. The summed E-state index contributed by atoms with van der Waals surface area (Å²) in [6, 6.07) is 16.5. The van der Waals surface area contributed by atoms with Crippen molar-refractivity contribution in [2.75, 3.05) is 69.3 Å². The number of para-hydroxylation sites is 1. The summed E-state index contributed by atoms with van der Waals surface area (Å²) in [4.78, 5) is 35.5. The molecule has 0 spiro atoms. The van der Waals surface area contributed by atoms with Crippen LogP contribution >= 0.6 is 0 Å². The summed E-state index contributed by atoms with van der Waals surface area (Å²) in [5.41, 5.74) is 5.35. The Morgan fingerprint density at radius 1 is 1.02 bits per heavy atom. The molecule has 5 heterocycles. The number of likely N-dealkylation sites (tertiary alicyclic amines) is 1. The standard InChI is InChI=1S/C35H41N7O4/c1-36-20-28-21-41(17-18-42(28)35(43)46-23-25-8-4-3-5-9-25)33-29-13-16-40(31-12-6-10-26-14-19-44-32(26)31)22-30(29)37-34(38-33)45-24-27-11-7-15-39(27)2/h3-6,8-10,12,27-28H,7,11,13-24H2,2H3/t27-,28-/m0/s1. The third kappa shape index (κ3) is 6.27. The molecule has 46 heavy (non-hydrogen) atoms. The molecule has 4 aliphatic heterocycles. The second-order valence-corrected chi connectivity index (χ2v) is 12.6. The van der Waals surface area contributed by atoms with Crippen molar-refractivity contribution < 1.29 is 19.0 Å². The molecule has 1 amide bonds. The third-order valence-corrected chi connectivity index (χ3v) is 9.66. The van der Waals surface area contributed by atoms with Crippen LogP contribution in [0.25, 0.3) is 4.85 Å². The monoisotopic (exact) mass is 623 g/mol. The number of nitrogens with zero attached hydrogens (tertiary/aromatic N) is 7. The average molecular weight is 624 g/mol. The summed E-state index contributed by atoms with van der Waals surface area (Å²) < 4.78 is 18.0. The van der Waals surface area contributed by atoms with Crippen LogP contribution in [0.5, 0.6) is 11.8 Å². The van der Waals surface area contributed by atoms with Crippen molar-refractivity contribution in [2.45, 2.75) is 50.9 Å². The van der Waals surface area contributed by atoms with Crippen LogP contribution in [0.4, 0.5) is 16.3 Å². The molecule has 11 heteroatoms. The Balaban J connectivity index is 1.13. The Kier molecular flexibility index (Phi) is 8.79. The lowest BCUT2D eigenvalue weighted by molar-refractivity contribution is 0.0788. The number of fused-ring (bicyclic) bond motifs is 2. The maximum atomic E-state index is 13.2. The molecule has 2 fully saturated rings. The maximum Gasteiger partial charge on any atom is 0.410 e. The summed E-state index contributed by atoms with van der Waals surface area (Å²) in [5.74, 6) is 1.83. The number of aromatic nitrogens is 2. The van der Waals surface area contributed by atoms with Crippen LogP contribution in [0.1, 0.15) is 35.2 Å². The van der Waals surface area contributed by atoms with E-state index >= 15 is 0 Å². The van der Waals surface area contributed by atoms with E-state index in [0.717, 1.165) is 66.4 Å². The number of benzene rings is 2. The minimum atomic E-state index is -0.389. The number of carbonyl (C=O) groups is 1. The van der Waals surface area contributed by atoms with Crippen molar-refractivity contribution in [1.29, 1.82) is 0 Å². The minimum Gasteiger partial charge on any atom is -0.491 e. The van der Waals surface area contributed by atoms with E-state index in [9.17, 15) is 4.79 Å². The zero-order valence-electron chi connectivity index (χ0n) is 26.4. The number of anilines is 2. The Labute approximate surface area is 270 Å². The van der Waals surface area contributed by atoms with Crippen LogP contribution in [0.15, 0.2) is 48.5 Å². The Hall–Kier alpha value is -4.56. The molecule has 0 unspecified atom stereocenters. The van der Waals surface area contributed by atoms with E-state index in [2.05, 4.69) is 44.8 Å². The van der Waals surface area contributed by atoms with Gasteiger partial charge in [-0.3, -0.25) is 4.90 Å². The highest BCUT2D eigenvalue weighted by atomic mass is 16.6. The van der Waals surface area contributed by atoms with Crippen LogP contribution in [-0.2, 0) is 30.7 Å². The van der Waals surface area contributed by atoms with Crippen molar-refractivity contribution in [3.05, 3.63) is 82.3 Å². The summed E-state index contributed by atoms with van der Waals surface area (Å²) in [5, 5.41) is 0. The van der Waals surface area contributed by atoms with Crippen molar-refractivity contribution in [1.82, 2.24) is 19.8 Å². The molecule has 0 radical (unpaired) electrons. The average Bonchev–Trinajstić information content (AvgIpc) is 3.75. The zero-order chi connectivity index (χ0) is 31.5. The van der Waals surface area contributed by atoms with Crippen LogP contribution in [0, 0.1) is 6.57 Å². The third-order valence-electron chi connectivity index (χ3n) is 9.66. The minimum absolute atomic E-state index is 0.189. The molecule has 2 aromatic carbocycles. The molecule has 1 aromatic heterocycles. The van der Waals surface area contributed by atoms with Gasteiger partial charge in [0.2, 0.25) is 6.54 Å². The molecule has 4 aliphatic rings. The van der Waals surface area contributed by atoms with Crippen LogP contribution in [-0.4, -0.2) is 97.5 Å². The second kappa shape index (κ2) is 13.4. The van der Waals surface area contributed by atoms with E-state index in [4.69, 9.17) is 30.8 Å².